The maximum atomic E-state index is 6.20. The fourth-order valence-corrected chi connectivity index (χ4v) is 5.22. The highest BCUT2D eigenvalue weighted by atomic mass is 35.5. The topological polar surface area (TPSA) is 28.2 Å². The van der Waals surface area contributed by atoms with E-state index in [1.807, 2.05) is 12.3 Å². The highest BCUT2D eigenvalue weighted by molar-refractivity contribution is 7.09. The lowest BCUT2D eigenvalue weighted by atomic mass is 9.93. The third kappa shape index (κ3) is 4.42. The van der Waals surface area contributed by atoms with Crippen molar-refractivity contribution in [2.24, 2.45) is 5.41 Å². The highest BCUT2D eigenvalue weighted by Crippen LogP contribution is 2.56. The third-order valence-electron chi connectivity index (χ3n) is 5.93. The van der Waals surface area contributed by atoms with Gasteiger partial charge in [-0.15, -0.1) is 23.7 Å². The minimum atomic E-state index is 0. The molecule has 0 bridgehead atoms. The monoisotopic (exact) mass is 411 g/mol. The number of nitrogens with one attached hydrogen (secondary N) is 1. The van der Waals surface area contributed by atoms with Crippen LogP contribution in [-0.2, 0) is 6.54 Å². The SMILES string of the molecule is CC(CN(Cc1nccs1)C1CC12CCNCC2)c1cccc(Cl)c1.Cl. The van der Waals surface area contributed by atoms with Crippen molar-refractivity contribution in [3.8, 4) is 0 Å². The van der Waals surface area contributed by atoms with Crippen LogP contribution >= 0.6 is 35.3 Å². The van der Waals surface area contributed by atoms with Crippen molar-refractivity contribution >= 4 is 35.3 Å². The van der Waals surface area contributed by atoms with Crippen LogP contribution in [0.2, 0.25) is 5.02 Å². The van der Waals surface area contributed by atoms with Gasteiger partial charge < -0.3 is 5.32 Å². The molecule has 1 spiro atoms. The van der Waals surface area contributed by atoms with Crippen LogP contribution in [-0.4, -0.2) is 35.6 Å². The third-order valence-corrected chi connectivity index (χ3v) is 6.93. The van der Waals surface area contributed by atoms with Crippen LogP contribution in [0.5, 0.6) is 0 Å². The van der Waals surface area contributed by atoms with Crippen molar-refractivity contribution in [3.05, 3.63) is 51.4 Å². The summed E-state index contributed by atoms with van der Waals surface area (Å²) in [7, 11) is 0. The van der Waals surface area contributed by atoms with Gasteiger partial charge in [-0.05, 0) is 61.4 Å². The summed E-state index contributed by atoms with van der Waals surface area (Å²) in [5.74, 6) is 0.470. The normalized spacial score (nSPS) is 22.2. The molecule has 2 heterocycles. The van der Waals surface area contributed by atoms with Crippen molar-refractivity contribution in [3.63, 3.8) is 0 Å². The second-order valence-electron chi connectivity index (χ2n) is 7.64. The fraction of sp³-hybridized carbons (Fsp3) is 0.550. The fourth-order valence-electron chi connectivity index (χ4n) is 4.38. The summed E-state index contributed by atoms with van der Waals surface area (Å²) in [6.07, 6.45) is 5.91. The number of thiazole rings is 1. The smallest absolute Gasteiger partial charge is 0.107 e. The maximum absolute atomic E-state index is 6.20. The minimum absolute atomic E-state index is 0. The number of piperidine rings is 1. The van der Waals surface area contributed by atoms with E-state index in [4.69, 9.17) is 11.6 Å². The number of aromatic nitrogens is 1. The molecule has 0 radical (unpaired) electrons. The van der Waals surface area contributed by atoms with E-state index in [1.165, 1.54) is 42.9 Å². The molecule has 2 unspecified atom stereocenters. The molecule has 1 aromatic heterocycles. The summed E-state index contributed by atoms with van der Waals surface area (Å²) >= 11 is 7.97. The number of benzene rings is 1. The van der Waals surface area contributed by atoms with Crippen LogP contribution in [0.15, 0.2) is 35.8 Å². The minimum Gasteiger partial charge on any atom is -0.317 e. The second-order valence-corrected chi connectivity index (χ2v) is 9.06. The average molecular weight is 412 g/mol. The summed E-state index contributed by atoms with van der Waals surface area (Å²) < 4.78 is 0. The largest absolute Gasteiger partial charge is 0.317 e. The molecule has 142 valence electrons. The summed E-state index contributed by atoms with van der Waals surface area (Å²) in [6.45, 7) is 6.71. The molecule has 2 atom stereocenters. The van der Waals surface area contributed by atoms with Crippen molar-refractivity contribution in [1.82, 2.24) is 15.2 Å². The molecule has 1 aromatic carbocycles. The lowest BCUT2D eigenvalue weighted by Gasteiger charge is -2.31. The molecule has 6 heteroatoms. The van der Waals surface area contributed by atoms with E-state index in [0.717, 1.165) is 18.1 Å². The van der Waals surface area contributed by atoms with Crippen molar-refractivity contribution < 1.29 is 0 Å². The number of nitrogens with zero attached hydrogens (tertiary/aromatic N) is 2. The first-order valence-electron chi connectivity index (χ1n) is 9.25. The zero-order valence-corrected chi connectivity index (χ0v) is 17.5. The second kappa shape index (κ2) is 8.57. The average Bonchev–Trinajstić information content (AvgIpc) is 3.05. The standard InChI is InChI=1S/C20H26ClN3S.ClH/c1-15(16-3-2-4-17(21)11-16)13-24(14-19-23-9-10-25-19)18-12-20(18)5-7-22-8-6-20;/h2-4,9-11,15,18,22H,5-8,12-14H2,1H3;1H. The molecule has 1 saturated heterocycles. The van der Waals surface area contributed by atoms with Crippen LogP contribution < -0.4 is 5.32 Å². The van der Waals surface area contributed by atoms with Gasteiger partial charge in [-0.3, -0.25) is 4.90 Å². The van der Waals surface area contributed by atoms with Crippen molar-refractivity contribution in [2.75, 3.05) is 19.6 Å². The van der Waals surface area contributed by atoms with E-state index in [-0.39, 0.29) is 12.4 Å². The van der Waals surface area contributed by atoms with Gasteiger partial charge in [0.1, 0.15) is 5.01 Å². The van der Waals surface area contributed by atoms with E-state index < -0.39 is 0 Å². The van der Waals surface area contributed by atoms with Crippen molar-refractivity contribution in [2.45, 2.75) is 44.7 Å². The number of halogens is 2. The first kappa shape index (κ1) is 20.1. The van der Waals surface area contributed by atoms with E-state index in [9.17, 15) is 0 Å². The molecule has 26 heavy (non-hydrogen) atoms. The molecule has 2 fully saturated rings. The first-order valence-corrected chi connectivity index (χ1v) is 10.5. The van der Waals surface area contributed by atoms with Gasteiger partial charge in [-0.2, -0.15) is 0 Å². The van der Waals surface area contributed by atoms with Crippen molar-refractivity contribution in [1.29, 1.82) is 0 Å². The van der Waals surface area contributed by atoms with Gasteiger partial charge in [0.05, 0.1) is 6.54 Å². The van der Waals surface area contributed by atoms with Gasteiger partial charge in [0.25, 0.3) is 0 Å². The summed E-state index contributed by atoms with van der Waals surface area (Å²) in [6, 6.07) is 9.03. The van der Waals surface area contributed by atoms with E-state index in [0.29, 0.717) is 17.4 Å². The van der Waals surface area contributed by atoms with Gasteiger partial charge in [-0.25, -0.2) is 4.98 Å². The molecule has 2 aliphatic rings. The summed E-state index contributed by atoms with van der Waals surface area (Å²) in [5.41, 5.74) is 1.88. The Hall–Kier alpha value is -0.650. The molecule has 3 nitrogen and oxygen atoms in total. The Kier molecular flexibility index (Phi) is 6.63. The first-order chi connectivity index (χ1) is 12.2. The molecule has 0 amide bonds. The Morgan fingerprint density at radius 3 is 2.88 bits per heavy atom. The lowest BCUT2D eigenvalue weighted by molar-refractivity contribution is 0.187. The molecule has 1 aliphatic carbocycles. The Bertz CT molecular complexity index is 701. The molecule has 1 N–H and O–H groups in total. The molecule has 1 aliphatic heterocycles. The molecular weight excluding hydrogens is 385 g/mol. The van der Waals surface area contributed by atoms with Gasteiger partial charge in [-0.1, -0.05) is 30.7 Å². The Labute approximate surface area is 171 Å². The van der Waals surface area contributed by atoms with Gasteiger partial charge in [0.15, 0.2) is 0 Å². The van der Waals surface area contributed by atoms with Crippen LogP contribution in [0.25, 0.3) is 0 Å². The van der Waals surface area contributed by atoms with Crippen LogP contribution in [0.3, 0.4) is 0 Å². The molecule has 2 aromatic rings. The zero-order chi connectivity index (χ0) is 17.3. The predicted molar refractivity (Wildman–Crippen MR) is 113 cm³/mol. The maximum Gasteiger partial charge on any atom is 0.107 e. The highest BCUT2D eigenvalue weighted by Gasteiger charge is 2.56. The zero-order valence-electron chi connectivity index (χ0n) is 15.2. The van der Waals surface area contributed by atoms with Gasteiger partial charge in [0, 0.05) is 29.2 Å². The molecule has 1 saturated carbocycles. The van der Waals surface area contributed by atoms with Crippen LogP contribution in [0, 0.1) is 5.41 Å². The quantitative estimate of drug-likeness (QED) is 0.727. The Morgan fingerprint density at radius 2 is 2.19 bits per heavy atom. The Balaban J connectivity index is 0.00000196. The lowest BCUT2D eigenvalue weighted by Crippen LogP contribution is -2.37. The predicted octanol–water partition coefficient (Wildman–Crippen LogP) is 4.97. The molecular formula is C20H27Cl2N3S. The van der Waals surface area contributed by atoms with Gasteiger partial charge >= 0.3 is 0 Å². The summed E-state index contributed by atoms with van der Waals surface area (Å²) in [4.78, 5) is 7.23. The number of rotatable bonds is 6. The Morgan fingerprint density at radius 1 is 1.38 bits per heavy atom. The van der Waals surface area contributed by atoms with Crippen LogP contribution in [0.4, 0.5) is 0 Å². The van der Waals surface area contributed by atoms with E-state index in [1.54, 1.807) is 11.3 Å². The number of hydrogen-bond donors (Lipinski definition) is 1. The molecule has 4 rings (SSSR count). The number of hydrogen-bond acceptors (Lipinski definition) is 4. The van der Waals surface area contributed by atoms with E-state index in [2.05, 4.69) is 45.7 Å². The van der Waals surface area contributed by atoms with E-state index >= 15 is 0 Å². The van der Waals surface area contributed by atoms with Crippen LogP contribution in [0.1, 0.15) is 42.7 Å². The van der Waals surface area contributed by atoms with Gasteiger partial charge in [0.2, 0.25) is 0 Å². The summed E-state index contributed by atoms with van der Waals surface area (Å²) in [5, 5.41) is 7.66.